The molecule has 0 saturated heterocycles. The zero-order valence-corrected chi connectivity index (χ0v) is 34.6. The summed E-state index contributed by atoms with van der Waals surface area (Å²) < 4.78 is 2.53. The average Bonchev–Trinajstić information content (AvgIpc) is 3.69. The number of aromatic nitrogens is 3. The fourth-order valence-electron chi connectivity index (χ4n) is 11.8. The van der Waals surface area contributed by atoms with E-state index >= 15 is 0 Å². The summed E-state index contributed by atoms with van der Waals surface area (Å²) in [6.45, 7) is 0. The van der Waals surface area contributed by atoms with Crippen LogP contribution in [0.3, 0.4) is 0 Å². The van der Waals surface area contributed by atoms with Crippen molar-refractivity contribution in [2.45, 2.75) is 49.4 Å². The standard InChI is InChI=1S/C56H42N4S/c57-34-36-9-7-14-42(26-36)43-15-8-16-47(27-43)56-32-37-25-38(33-56)31-55(30-37,35-56)46-21-17-39(18-22-46)44-19-23-48-49-28-45(20-24-50(49)61-51(48)29-44)54-59-52(40-10-3-1-4-11-40)58-53(60-54)41-12-5-2-6-13-41/h1-24,26-29,37-38H,25,30-33,35H2. The van der Waals surface area contributed by atoms with Gasteiger partial charge in [0.15, 0.2) is 17.5 Å². The van der Waals surface area contributed by atoms with Crippen LogP contribution < -0.4 is 0 Å². The molecule has 2 atom stereocenters. The van der Waals surface area contributed by atoms with Crippen LogP contribution in [0, 0.1) is 23.2 Å². The van der Waals surface area contributed by atoms with Gasteiger partial charge in [-0.05, 0) is 131 Å². The van der Waals surface area contributed by atoms with Gasteiger partial charge in [-0.15, -0.1) is 11.3 Å². The van der Waals surface area contributed by atoms with E-state index in [1.807, 2.05) is 65.9 Å². The molecule has 4 aliphatic carbocycles. The molecule has 61 heavy (non-hydrogen) atoms. The Labute approximate surface area is 360 Å². The summed E-state index contributed by atoms with van der Waals surface area (Å²) in [6, 6.07) is 63.3. The Kier molecular flexibility index (Phi) is 8.40. The van der Waals surface area contributed by atoms with E-state index in [0.717, 1.165) is 34.1 Å². The van der Waals surface area contributed by atoms with Crippen LogP contribution in [-0.4, -0.2) is 15.0 Å². The molecular formula is C56H42N4S. The molecule has 9 aromatic rings. The molecule has 0 amide bonds. The number of nitrogens with zero attached hydrogens (tertiary/aromatic N) is 4. The molecule has 0 aliphatic heterocycles. The zero-order chi connectivity index (χ0) is 40.5. The van der Waals surface area contributed by atoms with E-state index in [4.69, 9.17) is 15.0 Å². The number of nitriles is 1. The van der Waals surface area contributed by atoms with Gasteiger partial charge < -0.3 is 0 Å². The second-order valence-electron chi connectivity index (χ2n) is 17.9. The van der Waals surface area contributed by atoms with E-state index < -0.39 is 0 Å². The Bertz CT molecular complexity index is 3110. The highest BCUT2D eigenvalue weighted by Gasteiger charge is 2.58. The number of thiophene rings is 1. The third-order valence-corrected chi connectivity index (χ3v) is 15.3. The van der Waals surface area contributed by atoms with Crippen LogP contribution in [-0.2, 0) is 10.8 Å². The Morgan fingerprint density at radius 1 is 0.443 bits per heavy atom. The first-order valence-corrected chi connectivity index (χ1v) is 22.4. The predicted octanol–water partition coefficient (Wildman–Crippen LogP) is 14.2. The van der Waals surface area contributed by atoms with Gasteiger partial charge in [0.05, 0.1) is 11.6 Å². The van der Waals surface area contributed by atoms with Gasteiger partial charge in [0.1, 0.15) is 0 Å². The van der Waals surface area contributed by atoms with E-state index in [0.29, 0.717) is 23.0 Å². The number of rotatable bonds is 7. The van der Waals surface area contributed by atoms with Crippen molar-refractivity contribution in [3.8, 4) is 62.5 Å². The molecule has 5 heteroatoms. The normalized spacial score (nSPS) is 21.5. The van der Waals surface area contributed by atoms with Crippen molar-refractivity contribution < 1.29 is 0 Å². The molecule has 4 aliphatic rings. The summed E-state index contributed by atoms with van der Waals surface area (Å²) in [6.07, 6.45) is 7.78. The molecule has 2 aromatic heterocycles. The van der Waals surface area contributed by atoms with Crippen molar-refractivity contribution in [1.82, 2.24) is 15.0 Å². The third-order valence-electron chi connectivity index (χ3n) is 14.1. The Morgan fingerprint density at radius 2 is 1.00 bits per heavy atom. The molecule has 7 aromatic carbocycles. The maximum Gasteiger partial charge on any atom is 0.164 e. The highest BCUT2D eigenvalue weighted by Crippen LogP contribution is 2.66. The maximum atomic E-state index is 9.56. The monoisotopic (exact) mass is 802 g/mol. The predicted molar refractivity (Wildman–Crippen MR) is 249 cm³/mol. The first-order valence-electron chi connectivity index (χ1n) is 21.6. The summed E-state index contributed by atoms with van der Waals surface area (Å²) in [4.78, 5) is 14.9. The van der Waals surface area contributed by atoms with Crippen molar-refractivity contribution in [3.05, 3.63) is 187 Å². The number of fused-ring (bicyclic) bond motifs is 3. The first-order chi connectivity index (χ1) is 30.0. The molecule has 2 unspecified atom stereocenters. The van der Waals surface area contributed by atoms with Crippen LogP contribution in [0.1, 0.15) is 55.2 Å². The van der Waals surface area contributed by atoms with E-state index in [-0.39, 0.29) is 10.8 Å². The molecule has 4 saturated carbocycles. The van der Waals surface area contributed by atoms with Crippen LogP contribution in [0.25, 0.3) is 76.6 Å². The van der Waals surface area contributed by atoms with Gasteiger partial charge in [-0.1, -0.05) is 133 Å². The lowest BCUT2D eigenvalue weighted by atomic mass is 9.41. The molecule has 2 heterocycles. The number of hydrogen-bond donors (Lipinski definition) is 0. The van der Waals surface area contributed by atoms with Crippen LogP contribution >= 0.6 is 11.3 Å². The first kappa shape index (κ1) is 36.1. The van der Waals surface area contributed by atoms with E-state index in [9.17, 15) is 5.26 Å². The van der Waals surface area contributed by atoms with Crippen molar-refractivity contribution in [3.63, 3.8) is 0 Å². The van der Waals surface area contributed by atoms with Crippen molar-refractivity contribution >= 4 is 31.5 Å². The highest BCUT2D eigenvalue weighted by atomic mass is 32.1. The molecule has 13 rings (SSSR count). The lowest BCUT2D eigenvalue weighted by molar-refractivity contribution is -0.0281. The molecule has 4 fully saturated rings. The molecule has 0 N–H and O–H groups in total. The van der Waals surface area contributed by atoms with E-state index in [1.165, 1.54) is 86.5 Å². The van der Waals surface area contributed by atoms with E-state index in [1.54, 1.807) is 0 Å². The van der Waals surface area contributed by atoms with Crippen LogP contribution in [0.15, 0.2) is 170 Å². The minimum atomic E-state index is 0.204. The van der Waals surface area contributed by atoms with Gasteiger partial charge in [0, 0.05) is 36.9 Å². The highest BCUT2D eigenvalue weighted by molar-refractivity contribution is 7.25. The largest absolute Gasteiger partial charge is 0.208 e. The molecule has 292 valence electrons. The quantitative estimate of drug-likeness (QED) is 0.161. The Morgan fingerprint density at radius 3 is 1.67 bits per heavy atom. The molecule has 0 spiro atoms. The van der Waals surface area contributed by atoms with Gasteiger partial charge in [-0.25, -0.2) is 15.0 Å². The lowest BCUT2D eigenvalue weighted by Gasteiger charge is -2.63. The zero-order valence-electron chi connectivity index (χ0n) is 33.8. The fourth-order valence-corrected chi connectivity index (χ4v) is 12.9. The Hall–Kier alpha value is -6.74. The topological polar surface area (TPSA) is 62.5 Å². The minimum absolute atomic E-state index is 0.204. The smallest absolute Gasteiger partial charge is 0.164 e. The van der Waals surface area contributed by atoms with Gasteiger partial charge >= 0.3 is 0 Å². The summed E-state index contributed by atoms with van der Waals surface area (Å²) in [5.74, 6) is 3.55. The molecular weight excluding hydrogens is 761 g/mol. The van der Waals surface area contributed by atoms with Crippen LogP contribution in [0.2, 0.25) is 0 Å². The van der Waals surface area contributed by atoms with Crippen molar-refractivity contribution in [1.29, 1.82) is 5.26 Å². The molecule has 4 bridgehead atoms. The third kappa shape index (κ3) is 6.28. The van der Waals surface area contributed by atoms with Crippen molar-refractivity contribution in [2.24, 2.45) is 11.8 Å². The maximum absolute atomic E-state index is 9.56. The minimum Gasteiger partial charge on any atom is -0.208 e. The summed E-state index contributed by atoms with van der Waals surface area (Å²) in [5, 5.41) is 12.0. The summed E-state index contributed by atoms with van der Waals surface area (Å²) in [7, 11) is 0. The second kappa shape index (κ2) is 14.2. The Balaban J connectivity index is 0.849. The average molecular weight is 803 g/mol. The SMILES string of the molecule is N#Cc1cccc(-c2cccc(C34CC5CC(CC(c6ccc(-c7ccc8c(c7)sc7ccc(-c9nc(-c%10ccccc%10)nc(-c%10ccccc%10)n9)cc78)cc6)(C5)C3)C4)c2)c1. The van der Waals surface area contributed by atoms with Crippen LogP contribution in [0.4, 0.5) is 0 Å². The number of benzene rings is 7. The van der Waals surface area contributed by atoms with Gasteiger partial charge in [-0.3, -0.25) is 0 Å². The summed E-state index contributed by atoms with van der Waals surface area (Å²) in [5.41, 5.74) is 11.9. The second-order valence-corrected chi connectivity index (χ2v) is 19.0. The van der Waals surface area contributed by atoms with Crippen LogP contribution in [0.5, 0.6) is 0 Å². The van der Waals surface area contributed by atoms with E-state index in [2.05, 4.69) is 121 Å². The molecule has 4 nitrogen and oxygen atoms in total. The van der Waals surface area contributed by atoms with Gasteiger partial charge in [-0.2, -0.15) is 5.26 Å². The summed E-state index contributed by atoms with van der Waals surface area (Å²) >= 11 is 1.85. The van der Waals surface area contributed by atoms with Gasteiger partial charge in [0.25, 0.3) is 0 Å². The lowest BCUT2D eigenvalue weighted by Crippen LogP contribution is -2.55. The fraction of sp³-hybridized carbons (Fsp3) is 0.179. The van der Waals surface area contributed by atoms with Gasteiger partial charge in [0.2, 0.25) is 0 Å². The number of hydrogen-bond acceptors (Lipinski definition) is 5. The molecule has 0 radical (unpaired) electrons. The van der Waals surface area contributed by atoms with Crippen molar-refractivity contribution in [2.75, 3.05) is 0 Å².